The topological polar surface area (TPSA) is 186 Å². The van der Waals surface area contributed by atoms with Gasteiger partial charge in [0.15, 0.2) is 11.5 Å². The zero-order valence-electron chi connectivity index (χ0n) is 31.3. The number of piperidine rings is 2. The van der Waals surface area contributed by atoms with Gasteiger partial charge in [0.2, 0.25) is 17.7 Å². The molecule has 7 heterocycles. The van der Waals surface area contributed by atoms with Crippen molar-refractivity contribution in [2.45, 2.75) is 75.8 Å². The van der Waals surface area contributed by atoms with E-state index >= 15 is 0 Å². The molecule has 16 nitrogen and oxygen atoms in total. The number of nitrogens with one attached hydrogen (secondary N) is 1. The Labute approximate surface area is 324 Å². The summed E-state index contributed by atoms with van der Waals surface area (Å²) in [7, 11) is 1.75. The second kappa shape index (κ2) is 14.5. The third kappa shape index (κ3) is 6.60. The number of aryl methyl sites for hydroxylation is 1. The van der Waals surface area contributed by atoms with E-state index in [0.29, 0.717) is 29.2 Å². The molecule has 0 spiro atoms. The summed E-state index contributed by atoms with van der Waals surface area (Å²) in [4.78, 5) is 56.4. The molecule has 18 heteroatoms. The van der Waals surface area contributed by atoms with Crippen molar-refractivity contribution in [3.8, 4) is 11.5 Å². The third-order valence-electron chi connectivity index (χ3n) is 12.1. The van der Waals surface area contributed by atoms with Crippen LogP contribution in [-0.2, 0) is 16.6 Å². The first-order valence-electron chi connectivity index (χ1n) is 19.4. The van der Waals surface area contributed by atoms with Crippen molar-refractivity contribution in [3.63, 3.8) is 0 Å². The first-order chi connectivity index (χ1) is 27.5. The number of likely N-dealkylation sites (tertiary alicyclic amines) is 1. The van der Waals surface area contributed by atoms with Crippen molar-refractivity contribution in [2.24, 2.45) is 18.7 Å². The van der Waals surface area contributed by atoms with Gasteiger partial charge >= 0.3 is 5.69 Å². The van der Waals surface area contributed by atoms with Gasteiger partial charge < -0.3 is 10.6 Å². The number of rotatable bonds is 9. The number of imide groups is 1. The van der Waals surface area contributed by atoms with E-state index in [4.69, 9.17) is 5.73 Å². The molecule has 1 saturated carbocycles. The van der Waals surface area contributed by atoms with Crippen LogP contribution in [0.3, 0.4) is 0 Å². The number of fused-ring (bicyclic) bond motifs is 2. The lowest BCUT2D eigenvalue weighted by Gasteiger charge is -2.37. The highest BCUT2D eigenvalue weighted by molar-refractivity contribution is 6.00. The molecule has 296 valence electrons. The number of alkyl halides is 2. The molecule has 5 aromatic heterocycles. The highest BCUT2D eigenvalue weighted by atomic mass is 19.3. The minimum atomic E-state index is -2.81. The van der Waals surface area contributed by atoms with Crippen LogP contribution in [0.5, 0.6) is 0 Å². The van der Waals surface area contributed by atoms with Crippen LogP contribution >= 0.6 is 0 Å². The molecule has 1 aliphatic carbocycles. The summed E-state index contributed by atoms with van der Waals surface area (Å²) >= 11 is 0. The van der Waals surface area contributed by atoms with Gasteiger partial charge in [-0.2, -0.15) is 5.10 Å². The van der Waals surface area contributed by atoms with E-state index in [9.17, 15) is 28.0 Å². The second-order valence-corrected chi connectivity index (χ2v) is 15.5. The van der Waals surface area contributed by atoms with E-state index in [1.54, 1.807) is 56.2 Å². The highest BCUT2D eigenvalue weighted by Gasteiger charge is 2.34. The number of nitrogens with zero attached hydrogens (tertiary/aromatic N) is 10. The molecule has 6 aromatic rings. The Morgan fingerprint density at radius 3 is 2.54 bits per heavy atom. The van der Waals surface area contributed by atoms with Gasteiger partial charge in [-0.1, -0.05) is 17.3 Å². The summed E-state index contributed by atoms with van der Waals surface area (Å²) in [5.74, 6) is -0.226. The van der Waals surface area contributed by atoms with E-state index in [-0.39, 0.29) is 46.9 Å². The molecule has 1 aromatic carbocycles. The molecule has 1 atom stereocenters. The molecule has 3 N–H and O–H groups in total. The van der Waals surface area contributed by atoms with Gasteiger partial charge in [-0.3, -0.25) is 38.1 Å². The number of hydrogen-bond acceptors (Lipinski definition) is 9. The number of pyridine rings is 1. The Kier molecular flexibility index (Phi) is 9.29. The molecule has 0 radical (unpaired) electrons. The fourth-order valence-corrected chi connectivity index (χ4v) is 9.15. The summed E-state index contributed by atoms with van der Waals surface area (Å²) in [5, 5.41) is 15.8. The summed E-state index contributed by atoms with van der Waals surface area (Å²) in [6, 6.07) is 8.58. The molecular weight excluding hydrogens is 739 g/mol. The number of halogens is 2. The number of primary amides is 1. The van der Waals surface area contributed by atoms with Gasteiger partial charge in [-0.15, -0.1) is 5.10 Å². The Hall–Kier alpha value is -6.04. The van der Waals surface area contributed by atoms with Crippen LogP contribution in [0, 0.1) is 5.92 Å². The van der Waals surface area contributed by atoms with Crippen LogP contribution in [0.25, 0.3) is 33.6 Å². The molecule has 9 rings (SSSR count). The van der Waals surface area contributed by atoms with Crippen LogP contribution in [0.1, 0.15) is 97.4 Å². The van der Waals surface area contributed by atoms with Crippen molar-refractivity contribution < 1.29 is 23.2 Å². The minimum Gasteiger partial charge on any atom is -0.366 e. The van der Waals surface area contributed by atoms with Crippen LogP contribution in [0.2, 0.25) is 0 Å². The van der Waals surface area contributed by atoms with E-state index < -0.39 is 24.3 Å². The average molecular weight is 781 g/mol. The molecule has 2 saturated heterocycles. The molecule has 0 bridgehead atoms. The van der Waals surface area contributed by atoms with Gasteiger partial charge in [0, 0.05) is 37.8 Å². The number of nitrogens with two attached hydrogens (primary N) is 1. The van der Waals surface area contributed by atoms with Crippen molar-refractivity contribution in [1.82, 2.24) is 53.7 Å². The van der Waals surface area contributed by atoms with E-state index in [0.717, 1.165) is 74.8 Å². The van der Waals surface area contributed by atoms with Gasteiger partial charge in [0.05, 0.1) is 35.0 Å². The maximum atomic E-state index is 14.3. The van der Waals surface area contributed by atoms with E-state index in [1.807, 2.05) is 12.1 Å². The number of hydrogen-bond donors (Lipinski definition) is 2. The first kappa shape index (κ1) is 36.6. The number of aromatic nitrogens is 9. The van der Waals surface area contributed by atoms with Crippen LogP contribution in [0.15, 0.2) is 59.9 Å². The lowest BCUT2D eigenvalue weighted by molar-refractivity contribution is -0.135. The fraction of sp³-hybridized carbons (Fsp3) is 0.436. The molecule has 2 aliphatic heterocycles. The largest absolute Gasteiger partial charge is 0.366 e. The van der Waals surface area contributed by atoms with Crippen molar-refractivity contribution in [2.75, 3.05) is 19.6 Å². The van der Waals surface area contributed by atoms with Gasteiger partial charge in [0.1, 0.15) is 17.4 Å². The second-order valence-electron chi connectivity index (χ2n) is 15.5. The SMILES string of the molecule is Cn1c(=O)n(C2CCC(=O)NC2=O)c2cccc(C3CCN(CC4CCC(n5cc(-n6cc(-n7ccc8cc(C(N)=O)cnc87)nn6)c(C(F)F)n5)CC4)CC3)c21. The normalized spacial score (nSPS) is 21.2. The minimum absolute atomic E-state index is 0.0158. The monoisotopic (exact) mass is 780 g/mol. The molecular formula is C39H42F2N12O4. The smallest absolute Gasteiger partial charge is 0.329 e. The van der Waals surface area contributed by atoms with Gasteiger partial charge in [-0.25, -0.2) is 23.2 Å². The maximum Gasteiger partial charge on any atom is 0.329 e. The van der Waals surface area contributed by atoms with E-state index in [2.05, 4.69) is 36.7 Å². The van der Waals surface area contributed by atoms with Crippen molar-refractivity contribution in [3.05, 3.63) is 82.4 Å². The standard InChI is InChI=1S/C39H42F2N12O4/c1-48-34-27(3-2-4-28(34)53(39(48)57)29-9-10-32(54)44-38(29)56)23-11-14-49(15-12-23)19-22-5-7-26(8-6-22)51-20-30(33(46-51)35(40)41)52-21-31(45-47-52)50-16-13-24-17-25(36(42)55)18-43-37(24)50/h2-4,13,16-18,20-23,26,29,35H,5-12,14-15,19H2,1H3,(H2,42,55)(H,44,54,56). The van der Waals surface area contributed by atoms with Crippen LogP contribution in [-0.4, -0.2) is 85.7 Å². The number of para-hydroxylation sites is 1. The van der Waals surface area contributed by atoms with Crippen molar-refractivity contribution in [1.29, 1.82) is 0 Å². The van der Waals surface area contributed by atoms with Crippen LogP contribution in [0.4, 0.5) is 8.78 Å². The van der Waals surface area contributed by atoms with Crippen LogP contribution < -0.4 is 16.7 Å². The van der Waals surface area contributed by atoms with Gasteiger partial charge in [0.25, 0.3) is 6.43 Å². The molecule has 1 unspecified atom stereocenters. The summed E-state index contributed by atoms with van der Waals surface area (Å²) in [6.45, 7) is 2.81. The fourth-order valence-electron chi connectivity index (χ4n) is 9.15. The Morgan fingerprint density at radius 1 is 1.02 bits per heavy atom. The van der Waals surface area contributed by atoms with Gasteiger partial charge in [-0.05, 0) is 93.6 Å². The predicted octanol–water partition coefficient (Wildman–Crippen LogP) is 4.08. The third-order valence-corrected chi connectivity index (χ3v) is 12.1. The molecule has 57 heavy (non-hydrogen) atoms. The number of carbonyl (C=O) groups excluding carboxylic acids is 3. The summed E-state index contributed by atoms with van der Waals surface area (Å²) in [6.07, 6.45) is 9.40. The molecule has 3 amide bonds. The first-order valence-corrected chi connectivity index (χ1v) is 19.4. The average Bonchev–Trinajstić information content (AvgIpc) is 4.01. The maximum absolute atomic E-state index is 14.3. The molecule has 3 fully saturated rings. The summed E-state index contributed by atoms with van der Waals surface area (Å²) < 4.78 is 36.5. The molecule has 3 aliphatic rings. The summed E-state index contributed by atoms with van der Waals surface area (Å²) in [5.41, 5.74) is 8.40. The highest BCUT2D eigenvalue weighted by Crippen LogP contribution is 2.38. The quantitative estimate of drug-likeness (QED) is 0.204. The Bertz CT molecular complexity index is 2590. The van der Waals surface area contributed by atoms with E-state index in [1.165, 1.54) is 10.9 Å². The number of benzene rings is 1. The Morgan fingerprint density at radius 2 is 1.81 bits per heavy atom. The zero-order chi connectivity index (χ0) is 39.5. The zero-order valence-corrected chi connectivity index (χ0v) is 31.3. The number of carbonyl (C=O) groups is 3. The lowest BCUT2D eigenvalue weighted by atomic mass is 9.84. The lowest BCUT2D eigenvalue weighted by Crippen LogP contribution is -2.44. The number of amides is 3. The van der Waals surface area contributed by atoms with Crippen molar-refractivity contribution >= 4 is 39.8 Å². The number of imidazole rings is 1. The predicted molar refractivity (Wildman–Crippen MR) is 203 cm³/mol. The Balaban J connectivity index is 0.832.